The van der Waals surface area contributed by atoms with Crippen LogP contribution < -0.4 is 26.3 Å². The van der Waals surface area contributed by atoms with Gasteiger partial charge in [0.05, 0.1) is 5.52 Å². The zero-order valence-corrected chi connectivity index (χ0v) is 28.5. The minimum Gasteiger partial charge on any atom is -1.00 e. The van der Waals surface area contributed by atoms with Crippen LogP contribution in [0.4, 0.5) is 0 Å². The van der Waals surface area contributed by atoms with Crippen LogP contribution in [-0.4, -0.2) is 65.9 Å². The molecule has 13 nitrogen and oxygen atoms in total. The summed E-state index contributed by atoms with van der Waals surface area (Å²) in [6, 6.07) is 7.28. The van der Waals surface area contributed by atoms with Crippen LogP contribution in [0.1, 0.15) is 52.0 Å². The number of hydrogen-bond acceptors (Lipinski definition) is 11. The van der Waals surface area contributed by atoms with Gasteiger partial charge in [0.2, 0.25) is 6.10 Å². The Morgan fingerprint density at radius 3 is 2.02 bits per heavy atom. The Labute approximate surface area is 280 Å². The average molecular weight is 716 g/mol. The number of nitrogens with zero attached hydrogens (tertiary/aromatic N) is 1. The number of esters is 5. The van der Waals surface area contributed by atoms with Gasteiger partial charge in [-0.05, 0) is 48.6 Å². The molecule has 1 saturated heterocycles. The van der Waals surface area contributed by atoms with E-state index in [1.807, 2.05) is 38.2 Å². The maximum Gasteiger partial charge on any atom is 0.308 e. The molecule has 14 heteroatoms. The smallest absolute Gasteiger partial charge is 0.308 e. The Bertz CT molecular complexity index is 1900. The van der Waals surface area contributed by atoms with Gasteiger partial charge in [0.1, 0.15) is 18.5 Å². The summed E-state index contributed by atoms with van der Waals surface area (Å²) in [7, 11) is 0. The van der Waals surface area contributed by atoms with Gasteiger partial charge in [-0.2, -0.15) is 4.57 Å². The molecule has 0 aliphatic carbocycles. The number of aromatic amines is 1. The first kappa shape index (κ1) is 35.3. The van der Waals surface area contributed by atoms with Gasteiger partial charge in [0.15, 0.2) is 24.6 Å². The summed E-state index contributed by atoms with van der Waals surface area (Å²) in [5.41, 5.74) is 3.65. The van der Waals surface area contributed by atoms with Crippen molar-refractivity contribution in [3.8, 4) is 5.75 Å². The van der Waals surface area contributed by atoms with Crippen molar-refractivity contribution < 1.29 is 73.9 Å². The van der Waals surface area contributed by atoms with E-state index in [0.717, 1.165) is 43.7 Å². The summed E-state index contributed by atoms with van der Waals surface area (Å²) in [6.45, 7) is 9.73. The number of hydrogen-bond donors (Lipinski definition) is 1. The number of nitrogens with one attached hydrogen (secondary N) is 1. The van der Waals surface area contributed by atoms with Gasteiger partial charge in [0.25, 0.3) is 0 Å². The van der Waals surface area contributed by atoms with Gasteiger partial charge in [-0.3, -0.25) is 24.0 Å². The van der Waals surface area contributed by atoms with Crippen LogP contribution in [0.2, 0.25) is 0 Å². The van der Waals surface area contributed by atoms with E-state index in [2.05, 4.69) is 4.98 Å². The number of fused-ring (bicyclic) bond motifs is 4. The second-order valence-corrected chi connectivity index (χ2v) is 11.2. The topological polar surface area (TPSA) is 160 Å². The van der Waals surface area contributed by atoms with Crippen molar-refractivity contribution in [2.24, 2.45) is 0 Å². The van der Waals surface area contributed by atoms with Gasteiger partial charge in [-0.15, -0.1) is 0 Å². The van der Waals surface area contributed by atoms with Crippen LogP contribution in [0.15, 0.2) is 36.7 Å². The number of ether oxygens (including phenoxy) is 6. The highest BCUT2D eigenvalue weighted by atomic mass is 79.9. The second-order valence-electron chi connectivity index (χ2n) is 11.2. The van der Waals surface area contributed by atoms with Crippen LogP contribution in [0.5, 0.6) is 5.75 Å². The molecular formula is C33H35BrN2O11. The highest BCUT2D eigenvalue weighted by molar-refractivity contribution is 6.16. The monoisotopic (exact) mass is 714 g/mol. The molecule has 47 heavy (non-hydrogen) atoms. The largest absolute Gasteiger partial charge is 1.00 e. The molecule has 2 aromatic carbocycles. The van der Waals surface area contributed by atoms with Gasteiger partial charge in [-0.25, -0.2) is 0 Å². The van der Waals surface area contributed by atoms with E-state index in [1.54, 1.807) is 16.8 Å². The zero-order valence-electron chi connectivity index (χ0n) is 26.9. The van der Waals surface area contributed by atoms with Crippen molar-refractivity contribution in [2.75, 3.05) is 6.61 Å². The number of pyridine rings is 1. The van der Waals surface area contributed by atoms with E-state index in [-0.39, 0.29) is 23.6 Å². The molecule has 1 fully saturated rings. The van der Waals surface area contributed by atoms with E-state index in [1.165, 1.54) is 34.6 Å². The van der Waals surface area contributed by atoms with Gasteiger partial charge >= 0.3 is 36.1 Å². The van der Waals surface area contributed by atoms with E-state index < -0.39 is 60.5 Å². The molecule has 2 aromatic heterocycles. The SMILES string of the molecule is CC(=O)OC[C@@H]1O[C@@H]([n+]2ccc3c(C)c4[nH]c5ccc(OC(C)=O)cc5c4c(C)c3c2)[C@H](OC(C)=O)[C@H](OC(C)=O)[C@H]1OC(C)=O.[Br-]. The maximum absolute atomic E-state index is 12.4. The third-order valence-corrected chi connectivity index (χ3v) is 7.83. The molecule has 3 heterocycles. The lowest BCUT2D eigenvalue weighted by Gasteiger charge is -2.41. The number of H-pyrrole nitrogens is 1. The molecule has 250 valence electrons. The summed E-state index contributed by atoms with van der Waals surface area (Å²) in [5, 5.41) is 3.55. The Hall–Kier alpha value is -4.56. The van der Waals surface area contributed by atoms with Crippen molar-refractivity contribution in [3.63, 3.8) is 0 Å². The third kappa shape index (κ3) is 7.23. The fourth-order valence-corrected chi connectivity index (χ4v) is 6.08. The van der Waals surface area contributed by atoms with Crippen molar-refractivity contribution in [1.82, 2.24) is 4.98 Å². The quantitative estimate of drug-likeness (QED) is 0.123. The first-order valence-corrected chi connectivity index (χ1v) is 14.6. The van der Waals surface area contributed by atoms with Crippen molar-refractivity contribution in [1.29, 1.82) is 0 Å². The molecule has 0 radical (unpaired) electrons. The Morgan fingerprint density at radius 2 is 1.40 bits per heavy atom. The molecule has 0 saturated carbocycles. The van der Waals surface area contributed by atoms with Crippen LogP contribution >= 0.6 is 0 Å². The summed E-state index contributed by atoms with van der Waals surface area (Å²) >= 11 is 0. The normalized spacial score (nSPS) is 20.7. The molecular weight excluding hydrogens is 680 g/mol. The van der Waals surface area contributed by atoms with E-state index in [4.69, 9.17) is 28.4 Å². The van der Waals surface area contributed by atoms with E-state index in [0.29, 0.717) is 5.75 Å². The minimum absolute atomic E-state index is 0. The number of aromatic nitrogens is 2. The molecule has 4 aromatic rings. The highest BCUT2D eigenvalue weighted by Crippen LogP contribution is 2.38. The molecule has 0 unspecified atom stereocenters. The molecule has 0 spiro atoms. The standard InChI is InChI=1S/C33H34N2O11.BrH/c1-15-25-13-35(11-10-23(25)16(2)29-28(15)24-12-22(42-18(4)37)8-9-26(24)34-29)33-32(45-21(7)40)31(44-20(6)39)30(43-19(5)38)27(46-33)14-41-17(3)36;/h8-13,27,30-33H,14H2,1-7H3;1H/t27-,30-,31+,32+,33+;/m0./s1. The van der Waals surface area contributed by atoms with Crippen LogP contribution in [0, 0.1) is 13.8 Å². The van der Waals surface area contributed by atoms with Gasteiger partial charge < -0.3 is 50.4 Å². The lowest BCUT2D eigenvalue weighted by molar-refractivity contribution is -0.776. The zero-order chi connectivity index (χ0) is 33.4. The fourth-order valence-electron chi connectivity index (χ4n) is 6.08. The Balaban J connectivity index is 0.00000500. The minimum atomic E-state index is -1.30. The molecule has 5 rings (SSSR count). The van der Waals surface area contributed by atoms with Crippen molar-refractivity contribution in [2.45, 2.75) is 79.1 Å². The number of benzene rings is 2. The van der Waals surface area contributed by atoms with Crippen LogP contribution in [0.25, 0.3) is 32.6 Å². The van der Waals surface area contributed by atoms with E-state index in [9.17, 15) is 24.0 Å². The molecule has 0 bridgehead atoms. The second kappa shape index (κ2) is 14.1. The molecule has 1 N–H and O–H groups in total. The maximum atomic E-state index is 12.4. The molecule has 1 aliphatic heterocycles. The average Bonchev–Trinajstić information content (AvgIpc) is 3.35. The number of aryl methyl sites for hydroxylation is 2. The van der Waals surface area contributed by atoms with Gasteiger partial charge in [-0.1, -0.05) is 0 Å². The number of carbonyl (C=O) groups is 5. The summed E-state index contributed by atoms with van der Waals surface area (Å²) in [4.78, 5) is 63.6. The Morgan fingerprint density at radius 1 is 0.766 bits per heavy atom. The molecule has 1 aliphatic rings. The first-order valence-electron chi connectivity index (χ1n) is 14.6. The predicted molar refractivity (Wildman–Crippen MR) is 161 cm³/mol. The lowest BCUT2D eigenvalue weighted by Crippen LogP contribution is -3.00. The summed E-state index contributed by atoms with van der Waals surface area (Å²) in [5.74, 6) is -2.72. The number of rotatable bonds is 7. The molecule has 5 atom stereocenters. The predicted octanol–water partition coefficient (Wildman–Crippen LogP) is 0.564. The van der Waals surface area contributed by atoms with Crippen LogP contribution in [0.3, 0.4) is 0 Å². The number of halogens is 1. The van der Waals surface area contributed by atoms with E-state index >= 15 is 0 Å². The van der Waals surface area contributed by atoms with Crippen LogP contribution in [-0.2, 0) is 47.7 Å². The van der Waals surface area contributed by atoms with Crippen molar-refractivity contribution >= 4 is 62.4 Å². The number of carbonyl (C=O) groups excluding carboxylic acids is 5. The summed E-state index contributed by atoms with van der Waals surface area (Å²) in [6.07, 6.45) is -2.44. The Kier molecular flexibility index (Phi) is 10.6. The first-order chi connectivity index (χ1) is 21.7. The van der Waals surface area contributed by atoms with Gasteiger partial charge in [0, 0.05) is 62.4 Å². The fraction of sp³-hybridized carbons (Fsp3) is 0.394. The molecule has 0 amide bonds. The third-order valence-electron chi connectivity index (χ3n) is 7.83. The summed E-state index contributed by atoms with van der Waals surface area (Å²) < 4.78 is 35.4. The van der Waals surface area contributed by atoms with Crippen molar-refractivity contribution in [3.05, 3.63) is 47.8 Å². The highest BCUT2D eigenvalue weighted by Gasteiger charge is 2.56. The lowest BCUT2D eigenvalue weighted by atomic mass is 9.95.